The molecule has 6 heteroatoms. The molecule has 24 heavy (non-hydrogen) atoms. The first-order valence-electron chi connectivity index (χ1n) is 7.49. The van der Waals surface area contributed by atoms with E-state index in [0.29, 0.717) is 18.5 Å². The summed E-state index contributed by atoms with van der Waals surface area (Å²) >= 11 is 0. The van der Waals surface area contributed by atoms with Crippen LogP contribution >= 0.6 is 0 Å². The van der Waals surface area contributed by atoms with Crippen molar-refractivity contribution in [2.24, 2.45) is 4.99 Å². The van der Waals surface area contributed by atoms with Crippen LogP contribution in [0.15, 0.2) is 59.1 Å². The van der Waals surface area contributed by atoms with E-state index in [4.69, 9.17) is 0 Å². The van der Waals surface area contributed by atoms with Gasteiger partial charge in [0, 0.05) is 6.20 Å². The predicted molar refractivity (Wildman–Crippen MR) is 88.0 cm³/mol. The molecule has 2 heterocycles. The van der Waals surface area contributed by atoms with Gasteiger partial charge in [-0.15, -0.1) is 0 Å². The van der Waals surface area contributed by atoms with Gasteiger partial charge in [0.15, 0.2) is 5.76 Å². The number of aryl methyl sites for hydroxylation is 2. The standard InChI is InChI=1S/C18H15N3O3/c1-11-9-20-14(10-19-11)17(23)15-16(22)13(21-18(15)24)8-7-12-5-3-2-4-6-12/h2-6,9-10,22H,7-8H2,1H3. The van der Waals surface area contributed by atoms with Crippen LogP contribution in [0.25, 0.3) is 0 Å². The Morgan fingerprint density at radius 3 is 2.50 bits per heavy atom. The minimum Gasteiger partial charge on any atom is -0.505 e. The number of hydrogen-bond donors (Lipinski definition) is 1. The number of aliphatic hydroxyl groups is 1. The molecule has 0 fully saturated rings. The van der Waals surface area contributed by atoms with Crippen LogP contribution in [0.3, 0.4) is 0 Å². The topological polar surface area (TPSA) is 92.5 Å². The van der Waals surface area contributed by atoms with Crippen LogP contribution in [-0.4, -0.2) is 32.5 Å². The number of hydrogen-bond acceptors (Lipinski definition) is 5. The van der Waals surface area contributed by atoms with E-state index in [0.717, 1.165) is 5.56 Å². The Morgan fingerprint density at radius 2 is 1.83 bits per heavy atom. The Labute approximate surface area is 138 Å². The van der Waals surface area contributed by atoms with Crippen molar-refractivity contribution >= 4 is 17.4 Å². The fourth-order valence-corrected chi connectivity index (χ4v) is 2.40. The molecule has 0 aliphatic carbocycles. The van der Waals surface area contributed by atoms with Gasteiger partial charge < -0.3 is 5.11 Å². The number of rotatable bonds is 5. The fourth-order valence-electron chi connectivity index (χ4n) is 2.40. The predicted octanol–water partition coefficient (Wildman–Crippen LogP) is 2.39. The maximum absolute atomic E-state index is 12.4. The molecular weight excluding hydrogens is 306 g/mol. The number of amides is 1. The van der Waals surface area contributed by atoms with Crippen LogP contribution in [0.4, 0.5) is 0 Å². The molecule has 3 rings (SSSR count). The third-order valence-electron chi connectivity index (χ3n) is 3.69. The number of benzene rings is 1. The van der Waals surface area contributed by atoms with Crippen molar-refractivity contribution in [3.05, 3.63) is 71.0 Å². The zero-order valence-electron chi connectivity index (χ0n) is 13.1. The lowest BCUT2D eigenvalue weighted by Gasteiger charge is -2.03. The summed E-state index contributed by atoms with van der Waals surface area (Å²) in [7, 11) is 0. The summed E-state index contributed by atoms with van der Waals surface area (Å²) in [5.41, 5.74) is 1.62. The first-order valence-corrected chi connectivity index (χ1v) is 7.49. The smallest absolute Gasteiger partial charge is 0.285 e. The van der Waals surface area contributed by atoms with E-state index in [1.807, 2.05) is 30.3 Å². The maximum Gasteiger partial charge on any atom is 0.285 e. The first-order chi connectivity index (χ1) is 11.6. The van der Waals surface area contributed by atoms with Gasteiger partial charge >= 0.3 is 0 Å². The zero-order chi connectivity index (χ0) is 17.1. The van der Waals surface area contributed by atoms with Crippen molar-refractivity contribution in [2.75, 3.05) is 0 Å². The maximum atomic E-state index is 12.4. The van der Waals surface area contributed by atoms with E-state index in [1.54, 1.807) is 6.92 Å². The second-order valence-corrected chi connectivity index (χ2v) is 5.44. The largest absolute Gasteiger partial charge is 0.505 e. The Balaban J connectivity index is 1.79. The molecule has 1 amide bonds. The lowest BCUT2D eigenvalue weighted by molar-refractivity contribution is -0.113. The van der Waals surface area contributed by atoms with Crippen LogP contribution in [0.5, 0.6) is 0 Å². The number of nitrogens with zero attached hydrogens (tertiary/aromatic N) is 3. The summed E-state index contributed by atoms with van der Waals surface area (Å²) in [5.74, 6) is -1.75. The van der Waals surface area contributed by atoms with Crippen molar-refractivity contribution in [1.29, 1.82) is 0 Å². The molecule has 6 nitrogen and oxygen atoms in total. The van der Waals surface area contributed by atoms with Crippen molar-refractivity contribution in [3.8, 4) is 0 Å². The Hall–Kier alpha value is -3.15. The second-order valence-electron chi connectivity index (χ2n) is 5.44. The van der Waals surface area contributed by atoms with Crippen LogP contribution in [0, 0.1) is 6.92 Å². The van der Waals surface area contributed by atoms with E-state index < -0.39 is 11.7 Å². The normalized spacial score (nSPS) is 14.0. The van der Waals surface area contributed by atoms with Crippen molar-refractivity contribution in [2.45, 2.75) is 19.8 Å². The number of aliphatic hydroxyl groups excluding tert-OH is 1. The number of Topliss-reactive ketones (excluding diaryl/α,β-unsaturated/α-hetero) is 1. The molecule has 0 unspecified atom stereocenters. The highest BCUT2D eigenvalue weighted by Gasteiger charge is 2.32. The minimum atomic E-state index is -0.733. The van der Waals surface area contributed by atoms with E-state index in [1.165, 1.54) is 12.4 Å². The SMILES string of the molecule is Cc1cnc(C(=O)C2=C(O)C(CCc3ccccc3)=NC2=O)cn1. The molecule has 1 aromatic carbocycles. The highest BCUT2D eigenvalue weighted by atomic mass is 16.3. The third-order valence-corrected chi connectivity index (χ3v) is 3.69. The van der Waals surface area contributed by atoms with Gasteiger partial charge in [-0.05, 0) is 25.3 Å². The van der Waals surface area contributed by atoms with Crippen molar-refractivity contribution in [3.63, 3.8) is 0 Å². The molecule has 0 saturated carbocycles. The number of aromatic nitrogens is 2. The minimum absolute atomic E-state index is 0.00927. The van der Waals surface area contributed by atoms with Gasteiger partial charge in [-0.1, -0.05) is 30.3 Å². The summed E-state index contributed by atoms with van der Waals surface area (Å²) in [6.07, 6.45) is 3.70. The highest BCUT2D eigenvalue weighted by molar-refractivity contribution is 6.34. The summed E-state index contributed by atoms with van der Waals surface area (Å²) < 4.78 is 0. The molecule has 0 bridgehead atoms. The average molecular weight is 321 g/mol. The summed E-state index contributed by atoms with van der Waals surface area (Å²) in [5, 5.41) is 10.2. The zero-order valence-corrected chi connectivity index (χ0v) is 13.1. The number of carbonyl (C=O) groups excluding carboxylic acids is 2. The molecule has 1 aromatic heterocycles. The second kappa shape index (κ2) is 6.54. The Kier molecular flexibility index (Phi) is 4.29. The lowest BCUT2D eigenvalue weighted by Crippen LogP contribution is -2.13. The van der Waals surface area contributed by atoms with Gasteiger partial charge in [-0.25, -0.2) is 9.98 Å². The fraction of sp³-hybridized carbons (Fsp3) is 0.167. The quantitative estimate of drug-likeness (QED) is 0.674. The van der Waals surface area contributed by atoms with Crippen molar-refractivity contribution < 1.29 is 14.7 Å². The summed E-state index contributed by atoms with van der Waals surface area (Å²) in [6.45, 7) is 1.74. The molecule has 0 radical (unpaired) electrons. The Bertz CT molecular complexity index is 853. The first kappa shape index (κ1) is 15.7. The molecule has 1 aliphatic heterocycles. The molecule has 0 atom stereocenters. The van der Waals surface area contributed by atoms with Crippen LogP contribution in [0.1, 0.15) is 28.2 Å². The molecule has 0 spiro atoms. The molecule has 1 N–H and O–H groups in total. The van der Waals surface area contributed by atoms with E-state index in [-0.39, 0.29) is 22.7 Å². The van der Waals surface area contributed by atoms with Crippen LogP contribution < -0.4 is 0 Å². The van der Waals surface area contributed by atoms with Gasteiger partial charge in [0.05, 0.1) is 17.6 Å². The van der Waals surface area contributed by atoms with E-state index >= 15 is 0 Å². The molecule has 2 aromatic rings. The number of ketones is 1. The van der Waals surface area contributed by atoms with Gasteiger partial charge in [0.2, 0.25) is 5.78 Å². The molecule has 0 saturated heterocycles. The monoisotopic (exact) mass is 321 g/mol. The highest BCUT2D eigenvalue weighted by Crippen LogP contribution is 2.21. The summed E-state index contributed by atoms with van der Waals surface area (Å²) in [6, 6.07) is 9.64. The van der Waals surface area contributed by atoms with Crippen LogP contribution in [-0.2, 0) is 11.2 Å². The van der Waals surface area contributed by atoms with Gasteiger partial charge in [-0.2, -0.15) is 0 Å². The number of carbonyl (C=O) groups is 2. The summed E-state index contributed by atoms with van der Waals surface area (Å²) in [4.78, 5) is 36.1. The molecule has 120 valence electrons. The molecule has 1 aliphatic rings. The average Bonchev–Trinajstić information content (AvgIpc) is 2.88. The van der Waals surface area contributed by atoms with Gasteiger partial charge in [-0.3, -0.25) is 14.6 Å². The lowest BCUT2D eigenvalue weighted by atomic mass is 10.0. The third kappa shape index (κ3) is 3.12. The van der Waals surface area contributed by atoms with Gasteiger partial charge in [0.1, 0.15) is 11.3 Å². The Morgan fingerprint density at radius 1 is 1.08 bits per heavy atom. The van der Waals surface area contributed by atoms with E-state index in [9.17, 15) is 14.7 Å². The molecular formula is C18H15N3O3. The van der Waals surface area contributed by atoms with Crippen molar-refractivity contribution in [1.82, 2.24) is 9.97 Å². The number of allylic oxidation sites excluding steroid dienone is 1. The van der Waals surface area contributed by atoms with E-state index in [2.05, 4.69) is 15.0 Å². The number of aliphatic imine (C=N–C) groups is 1. The van der Waals surface area contributed by atoms with Gasteiger partial charge in [0.25, 0.3) is 5.91 Å². The van der Waals surface area contributed by atoms with Crippen LogP contribution in [0.2, 0.25) is 0 Å².